The second-order valence-electron chi connectivity index (χ2n) is 10.9. The van der Waals surface area contributed by atoms with E-state index in [0.717, 1.165) is 29.9 Å². The van der Waals surface area contributed by atoms with E-state index in [1.54, 1.807) is 23.5 Å². The largest absolute Gasteiger partial charge is 0.487 e. The minimum Gasteiger partial charge on any atom is -0.487 e. The van der Waals surface area contributed by atoms with Gasteiger partial charge in [-0.15, -0.1) is 0 Å². The fraction of sp³-hybridized carbons (Fsp3) is 0.367. The van der Waals surface area contributed by atoms with Crippen LogP contribution in [0.25, 0.3) is 16.6 Å². The molecule has 2 fully saturated rings. The Labute approximate surface area is 260 Å². The Morgan fingerprint density at radius 2 is 1.88 bits per heavy atom. The van der Waals surface area contributed by atoms with Crippen molar-refractivity contribution >= 4 is 50.0 Å². The Hall–Kier alpha value is -3.22. The van der Waals surface area contributed by atoms with E-state index in [9.17, 15) is 13.2 Å². The number of piperazine rings is 1. The summed E-state index contributed by atoms with van der Waals surface area (Å²) in [6, 6.07) is 9.74. The molecule has 0 bridgehead atoms. The summed E-state index contributed by atoms with van der Waals surface area (Å²) < 4.78 is 37.3. The van der Waals surface area contributed by atoms with E-state index in [4.69, 9.17) is 32.9 Å². The average molecular weight is 644 g/mol. The number of amides is 1. The molecule has 0 radical (unpaired) electrons. The van der Waals surface area contributed by atoms with Crippen molar-refractivity contribution < 1.29 is 17.9 Å². The van der Waals surface area contributed by atoms with Crippen molar-refractivity contribution in [3.8, 4) is 11.4 Å². The number of aromatic nitrogens is 3. The average Bonchev–Trinajstić information content (AvgIpc) is 3.70. The van der Waals surface area contributed by atoms with E-state index in [2.05, 4.69) is 9.88 Å². The highest BCUT2D eigenvalue weighted by Crippen LogP contribution is 2.37. The predicted octanol–water partition coefficient (Wildman–Crippen LogP) is 4.54. The van der Waals surface area contributed by atoms with Gasteiger partial charge in [-0.1, -0.05) is 35.3 Å². The molecule has 226 valence electrons. The zero-order chi connectivity index (χ0) is 30.3. The molecule has 1 atom stereocenters. The van der Waals surface area contributed by atoms with Gasteiger partial charge in [0, 0.05) is 66.8 Å². The number of ether oxygens (including phenoxy) is 1. The number of halogens is 2. The van der Waals surface area contributed by atoms with Crippen LogP contribution in [0.3, 0.4) is 0 Å². The first-order valence-electron chi connectivity index (χ1n) is 14.1. The number of nitrogens with zero attached hydrogens (tertiary/aromatic N) is 6. The smallest absolute Gasteiger partial charge is 0.245 e. The summed E-state index contributed by atoms with van der Waals surface area (Å²) in [5, 5.41) is 1.12. The first-order valence-corrected chi connectivity index (χ1v) is 16.3. The van der Waals surface area contributed by atoms with Crippen LogP contribution in [-0.2, 0) is 21.4 Å². The lowest BCUT2D eigenvalue weighted by Gasteiger charge is -2.35. The second kappa shape index (κ2) is 12.0. The maximum Gasteiger partial charge on any atom is 0.245 e. The van der Waals surface area contributed by atoms with Gasteiger partial charge in [0.05, 0.1) is 17.0 Å². The van der Waals surface area contributed by atoms with Gasteiger partial charge in [0.2, 0.25) is 15.9 Å². The molecule has 1 amide bonds. The van der Waals surface area contributed by atoms with Crippen LogP contribution in [0.1, 0.15) is 24.1 Å². The SMILES string of the molecule is Cc1cc(-n2ccnc2)c2cccc(OCc3c(Cl)ccc(S(=O)(=O)N4CCCC4C(=O)N4CCN(C)CC4)c3Cl)c2n1. The van der Waals surface area contributed by atoms with E-state index in [0.29, 0.717) is 42.8 Å². The van der Waals surface area contributed by atoms with E-state index in [-0.39, 0.29) is 34.0 Å². The summed E-state index contributed by atoms with van der Waals surface area (Å²) in [6.45, 7) is 4.74. The number of carbonyl (C=O) groups is 1. The van der Waals surface area contributed by atoms with Crippen molar-refractivity contribution in [1.29, 1.82) is 0 Å². The van der Waals surface area contributed by atoms with Crippen molar-refractivity contribution in [3.05, 3.63) is 76.4 Å². The molecule has 4 heterocycles. The lowest BCUT2D eigenvalue weighted by atomic mass is 10.1. The van der Waals surface area contributed by atoms with Crippen molar-refractivity contribution in [2.75, 3.05) is 39.8 Å². The highest BCUT2D eigenvalue weighted by Gasteiger charge is 2.42. The van der Waals surface area contributed by atoms with Crippen LogP contribution in [0.2, 0.25) is 10.0 Å². The number of likely N-dealkylation sites (N-methyl/N-ethyl adjacent to an activating group) is 1. The van der Waals surface area contributed by atoms with E-state index >= 15 is 0 Å². The highest BCUT2D eigenvalue weighted by atomic mass is 35.5. The number of para-hydroxylation sites is 1. The molecule has 2 aliphatic rings. The van der Waals surface area contributed by atoms with Gasteiger partial charge in [0.15, 0.2) is 0 Å². The minimum atomic E-state index is -4.10. The van der Waals surface area contributed by atoms with Gasteiger partial charge in [-0.3, -0.25) is 4.79 Å². The number of carbonyl (C=O) groups excluding carboxylic acids is 1. The Kier molecular flexibility index (Phi) is 8.36. The number of benzene rings is 2. The molecule has 0 aliphatic carbocycles. The third kappa shape index (κ3) is 5.72. The van der Waals surface area contributed by atoms with Gasteiger partial charge in [-0.25, -0.2) is 18.4 Å². The van der Waals surface area contributed by atoms with Crippen molar-refractivity contribution in [2.45, 2.75) is 37.3 Å². The van der Waals surface area contributed by atoms with Gasteiger partial charge in [0.1, 0.15) is 28.8 Å². The summed E-state index contributed by atoms with van der Waals surface area (Å²) in [6.07, 6.45) is 6.35. The molecule has 2 aromatic carbocycles. The number of pyridine rings is 1. The van der Waals surface area contributed by atoms with Crippen molar-refractivity contribution in [3.63, 3.8) is 0 Å². The van der Waals surface area contributed by atoms with Crippen LogP contribution in [0.5, 0.6) is 5.75 Å². The molecule has 2 aromatic heterocycles. The molecule has 0 saturated carbocycles. The predicted molar refractivity (Wildman–Crippen MR) is 165 cm³/mol. The molecule has 6 rings (SSSR count). The van der Waals surface area contributed by atoms with Gasteiger partial charge >= 0.3 is 0 Å². The summed E-state index contributed by atoms with van der Waals surface area (Å²) in [7, 11) is -2.09. The topological polar surface area (TPSA) is 101 Å². The van der Waals surface area contributed by atoms with E-state index in [1.165, 1.54) is 16.4 Å². The van der Waals surface area contributed by atoms with Crippen LogP contribution < -0.4 is 4.74 Å². The van der Waals surface area contributed by atoms with Gasteiger partial charge < -0.3 is 19.1 Å². The fourth-order valence-corrected chi connectivity index (χ4v) is 8.27. The first-order chi connectivity index (χ1) is 20.6. The fourth-order valence-electron chi connectivity index (χ4n) is 5.76. The Balaban J connectivity index is 1.28. The molecule has 2 saturated heterocycles. The Morgan fingerprint density at radius 1 is 1.09 bits per heavy atom. The van der Waals surface area contributed by atoms with Gasteiger partial charge in [-0.2, -0.15) is 4.31 Å². The molecule has 0 N–H and O–H groups in total. The molecule has 43 heavy (non-hydrogen) atoms. The molecular weight excluding hydrogens is 611 g/mol. The molecular formula is C30H32Cl2N6O4S. The van der Waals surface area contributed by atoms with Crippen LogP contribution in [0, 0.1) is 6.92 Å². The minimum absolute atomic E-state index is 0.0197. The van der Waals surface area contributed by atoms with Crippen molar-refractivity contribution in [2.24, 2.45) is 0 Å². The number of hydrogen-bond acceptors (Lipinski definition) is 7. The number of imidazole rings is 1. The quantitative estimate of drug-likeness (QED) is 0.292. The molecule has 2 aliphatic heterocycles. The monoisotopic (exact) mass is 642 g/mol. The van der Waals surface area contributed by atoms with Crippen LogP contribution in [0.4, 0.5) is 0 Å². The standard InChI is InChI=1S/C30H32Cl2N6O4S/c1-20-17-25(37-12-10-33-19-37)21-5-3-7-26(29(21)34-20)42-18-22-23(31)8-9-27(28(22)32)43(40,41)38-11-4-6-24(38)30(39)36-15-13-35(2)14-16-36/h3,5,7-10,12,17,19,24H,4,6,11,13-16,18H2,1-2H3. The first kappa shape index (κ1) is 29.8. The number of aryl methyl sites for hydroxylation is 1. The third-order valence-corrected chi connectivity index (χ3v) is 11.0. The molecule has 4 aromatic rings. The lowest BCUT2D eigenvalue weighted by molar-refractivity contribution is -0.136. The number of rotatable bonds is 7. The summed E-state index contributed by atoms with van der Waals surface area (Å²) in [4.78, 5) is 26.1. The maximum absolute atomic E-state index is 14.0. The Bertz CT molecular complexity index is 1780. The molecule has 1 unspecified atom stereocenters. The third-order valence-electron chi connectivity index (χ3n) is 8.10. The maximum atomic E-state index is 14.0. The normalized spacial score (nSPS) is 18.4. The number of fused-ring (bicyclic) bond motifs is 1. The lowest BCUT2D eigenvalue weighted by Crippen LogP contribution is -2.53. The highest BCUT2D eigenvalue weighted by molar-refractivity contribution is 7.89. The van der Waals surface area contributed by atoms with Crippen LogP contribution in [0.15, 0.2) is 60.0 Å². The second-order valence-corrected chi connectivity index (χ2v) is 13.6. The number of sulfonamides is 1. The molecule has 13 heteroatoms. The number of hydrogen-bond donors (Lipinski definition) is 0. The van der Waals surface area contributed by atoms with Crippen LogP contribution >= 0.6 is 23.2 Å². The van der Waals surface area contributed by atoms with Gasteiger partial charge in [0.25, 0.3) is 0 Å². The van der Waals surface area contributed by atoms with Crippen LogP contribution in [-0.4, -0.2) is 88.8 Å². The summed E-state index contributed by atoms with van der Waals surface area (Å²) in [5.41, 5.74) is 2.68. The molecule has 0 spiro atoms. The molecule has 10 nitrogen and oxygen atoms in total. The summed E-state index contributed by atoms with van der Waals surface area (Å²) >= 11 is 13.3. The van der Waals surface area contributed by atoms with E-state index < -0.39 is 16.1 Å². The van der Waals surface area contributed by atoms with Gasteiger partial charge in [-0.05, 0) is 51.1 Å². The zero-order valence-corrected chi connectivity index (χ0v) is 26.2. The Morgan fingerprint density at radius 3 is 2.63 bits per heavy atom. The van der Waals surface area contributed by atoms with Crippen molar-refractivity contribution in [1.82, 2.24) is 28.6 Å². The zero-order valence-electron chi connectivity index (χ0n) is 23.9. The summed E-state index contributed by atoms with van der Waals surface area (Å²) in [5.74, 6) is 0.344. The van der Waals surface area contributed by atoms with E-state index in [1.807, 2.05) is 42.9 Å².